The zero-order valence-electron chi connectivity index (χ0n) is 7.70. The van der Waals surface area contributed by atoms with Crippen LogP contribution in [0.4, 0.5) is 0 Å². The maximum absolute atomic E-state index is 2.39. The maximum atomic E-state index is 2.39. The van der Waals surface area contributed by atoms with Gasteiger partial charge in [0.05, 0.1) is 0 Å². The van der Waals surface area contributed by atoms with Gasteiger partial charge in [0.1, 0.15) is 0 Å². The van der Waals surface area contributed by atoms with Crippen LogP contribution in [0.2, 0.25) is 3.43 Å². The van der Waals surface area contributed by atoms with Crippen molar-refractivity contribution in [3.63, 3.8) is 0 Å². The number of hydrogen-bond acceptors (Lipinski definition) is 0. The Kier molecular flexibility index (Phi) is 5.00. The van der Waals surface area contributed by atoms with E-state index in [0.29, 0.717) is 3.43 Å². The summed E-state index contributed by atoms with van der Waals surface area (Å²) in [6, 6.07) is 0. The van der Waals surface area contributed by atoms with Crippen LogP contribution < -0.4 is 0 Å². The fourth-order valence-corrected chi connectivity index (χ4v) is 1.92. The normalized spacial score (nSPS) is 15.3. The van der Waals surface area contributed by atoms with Crippen molar-refractivity contribution in [2.24, 2.45) is 5.92 Å². The van der Waals surface area contributed by atoms with E-state index in [9.17, 15) is 0 Å². The molecular formula is C9H19Sn. The van der Waals surface area contributed by atoms with Crippen molar-refractivity contribution in [3.05, 3.63) is 0 Å². The van der Waals surface area contributed by atoms with Gasteiger partial charge in [-0.25, -0.2) is 0 Å². The molecule has 59 valence electrons. The fourth-order valence-electron chi connectivity index (χ4n) is 1.34. The van der Waals surface area contributed by atoms with Crippen LogP contribution >= 0.6 is 0 Å². The summed E-state index contributed by atoms with van der Waals surface area (Å²) in [6.45, 7) is 9.34. The van der Waals surface area contributed by atoms with Gasteiger partial charge in [0.15, 0.2) is 0 Å². The summed E-state index contributed by atoms with van der Waals surface area (Å²) < 4.78 is 0.682. The molecule has 0 N–H and O–H groups in total. The summed E-state index contributed by atoms with van der Waals surface area (Å²) in [7, 11) is 0. The standard InChI is InChI=1S/C9H19.Sn/c1-5-8(4)9(6-2)7-3;/h8H,5-7H2,1-4H3;. The summed E-state index contributed by atoms with van der Waals surface area (Å²) in [5.41, 5.74) is 0. The summed E-state index contributed by atoms with van der Waals surface area (Å²) >= 11 is 1.73. The Hall–Kier alpha value is 0.799. The molecule has 0 fully saturated rings. The van der Waals surface area contributed by atoms with E-state index in [-0.39, 0.29) is 0 Å². The molecule has 0 nitrogen and oxygen atoms in total. The first-order valence-corrected chi connectivity index (χ1v) is 5.78. The van der Waals surface area contributed by atoms with Crippen LogP contribution in [0.15, 0.2) is 0 Å². The van der Waals surface area contributed by atoms with Crippen LogP contribution in [0, 0.1) is 5.92 Å². The van der Waals surface area contributed by atoms with Crippen LogP contribution in [0.1, 0.15) is 47.0 Å². The Balaban J connectivity index is 4.02. The molecule has 0 aliphatic rings. The van der Waals surface area contributed by atoms with Gasteiger partial charge in [-0.15, -0.1) is 0 Å². The molecule has 0 saturated carbocycles. The molecule has 0 spiro atoms. The number of hydrogen-bond donors (Lipinski definition) is 0. The van der Waals surface area contributed by atoms with Crippen molar-refractivity contribution < 1.29 is 0 Å². The monoisotopic (exact) mass is 247 g/mol. The molecule has 0 bridgehead atoms. The second-order valence-corrected chi connectivity index (χ2v) is 6.01. The van der Waals surface area contributed by atoms with Gasteiger partial charge in [-0.3, -0.25) is 0 Å². The van der Waals surface area contributed by atoms with Crippen molar-refractivity contribution in [1.82, 2.24) is 0 Å². The Bertz CT molecular complexity index is 84.7. The fraction of sp³-hybridized carbons (Fsp3) is 1.00. The first-order valence-electron chi connectivity index (χ1n) is 4.35. The van der Waals surface area contributed by atoms with E-state index in [4.69, 9.17) is 0 Å². The van der Waals surface area contributed by atoms with Crippen molar-refractivity contribution in [1.29, 1.82) is 0 Å². The minimum atomic E-state index is 0.682. The molecule has 10 heavy (non-hydrogen) atoms. The van der Waals surface area contributed by atoms with Gasteiger partial charge in [-0.1, -0.05) is 0 Å². The van der Waals surface area contributed by atoms with Gasteiger partial charge < -0.3 is 0 Å². The quantitative estimate of drug-likeness (QED) is 0.668. The summed E-state index contributed by atoms with van der Waals surface area (Å²) in [4.78, 5) is 0. The van der Waals surface area contributed by atoms with Crippen molar-refractivity contribution in [2.45, 2.75) is 50.4 Å². The van der Waals surface area contributed by atoms with E-state index in [0.717, 1.165) is 5.92 Å². The molecule has 0 aliphatic carbocycles. The van der Waals surface area contributed by atoms with Crippen LogP contribution in [-0.2, 0) is 0 Å². The molecule has 0 aliphatic heterocycles. The summed E-state index contributed by atoms with van der Waals surface area (Å²) in [6.07, 6.45) is 4.06. The van der Waals surface area contributed by atoms with E-state index < -0.39 is 0 Å². The first-order chi connectivity index (χ1) is 4.60. The molecule has 1 unspecified atom stereocenters. The SMILES string of the molecule is CCC(C)[C]([Sn])(CC)CC. The molecule has 3 radical (unpaired) electrons. The van der Waals surface area contributed by atoms with Gasteiger partial charge >= 0.3 is 78.8 Å². The third-order valence-corrected chi connectivity index (χ3v) is 6.24. The second-order valence-electron chi connectivity index (χ2n) is 3.17. The molecule has 1 atom stereocenters. The zero-order chi connectivity index (χ0) is 8.20. The van der Waals surface area contributed by atoms with E-state index in [1.807, 2.05) is 0 Å². The second kappa shape index (κ2) is 4.63. The molecule has 1 heteroatoms. The minimum absolute atomic E-state index is 0.682. The van der Waals surface area contributed by atoms with Crippen LogP contribution in [0.3, 0.4) is 0 Å². The average Bonchev–Trinajstić information content (AvgIpc) is 2.01. The molecule has 0 aromatic rings. The molecule has 0 aromatic carbocycles. The summed E-state index contributed by atoms with van der Waals surface area (Å²) in [5, 5.41) is 0. The summed E-state index contributed by atoms with van der Waals surface area (Å²) in [5.74, 6) is 0.917. The van der Waals surface area contributed by atoms with Crippen LogP contribution in [0.5, 0.6) is 0 Å². The van der Waals surface area contributed by atoms with Gasteiger partial charge in [0.2, 0.25) is 0 Å². The molecule has 0 amide bonds. The van der Waals surface area contributed by atoms with Crippen LogP contribution in [-0.4, -0.2) is 22.5 Å². The van der Waals surface area contributed by atoms with E-state index in [1.165, 1.54) is 19.3 Å². The Morgan fingerprint density at radius 2 is 1.60 bits per heavy atom. The van der Waals surface area contributed by atoms with Gasteiger partial charge in [-0.05, 0) is 0 Å². The third kappa shape index (κ3) is 2.44. The van der Waals surface area contributed by atoms with E-state index in [1.54, 1.807) is 22.5 Å². The third-order valence-electron chi connectivity index (χ3n) is 2.82. The predicted octanol–water partition coefficient (Wildman–Crippen LogP) is 3.18. The predicted molar refractivity (Wildman–Crippen MR) is 48.5 cm³/mol. The Morgan fingerprint density at radius 1 is 1.20 bits per heavy atom. The van der Waals surface area contributed by atoms with Crippen LogP contribution in [0.25, 0.3) is 0 Å². The van der Waals surface area contributed by atoms with E-state index >= 15 is 0 Å². The topological polar surface area (TPSA) is 0 Å². The molecule has 0 saturated heterocycles. The number of rotatable bonds is 4. The van der Waals surface area contributed by atoms with Crippen molar-refractivity contribution in [2.75, 3.05) is 0 Å². The molecule has 0 rings (SSSR count). The average molecular weight is 246 g/mol. The molecule has 0 heterocycles. The molecular weight excluding hydrogens is 227 g/mol. The van der Waals surface area contributed by atoms with Gasteiger partial charge in [0, 0.05) is 0 Å². The molecule has 0 aromatic heterocycles. The van der Waals surface area contributed by atoms with Crippen molar-refractivity contribution in [3.8, 4) is 0 Å². The van der Waals surface area contributed by atoms with E-state index in [2.05, 4.69) is 27.7 Å². The Labute approximate surface area is 78.9 Å². The zero-order valence-corrected chi connectivity index (χ0v) is 10.6. The first kappa shape index (κ1) is 10.8. The Morgan fingerprint density at radius 3 is 1.70 bits per heavy atom. The van der Waals surface area contributed by atoms with Gasteiger partial charge in [0.25, 0.3) is 0 Å². The van der Waals surface area contributed by atoms with Crippen molar-refractivity contribution >= 4 is 22.5 Å². The van der Waals surface area contributed by atoms with Gasteiger partial charge in [-0.2, -0.15) is 0 Å².